The summed E-state index contributed by atoms with van der Waals surface area (Å²) in [6, 6.07) is 53.9. The van der Waals surface area contributed by atoms with E-state index >= 15 is 13.2 Å². The molecule has 0 aromatic heterocycles. The van der Waals surface area contributed by atoms with Crippen molar-refractivity contribution in [1.29, 1.82) is 0 Å². The van der Waals surface area contributed by atoms with Crippen LogP contribution < -0.4 is 4.31 Å². The molecule has 2 fully saturated rings. The van der Waals surface area contributed by atoms with Crippen LogP contribution in [0.1, 0.15) is 39.8 Å². The summed E-state index contributed by atoms with van der Waals surface area (Å²) in [6.45, 7) is 1.98. The van der Waals surface area contributed by atoms with E-state index in [0.717, 1.165) is 32.7 Å². The molecule has 3 aliphatic heterocycles. The van der Waals surface area contributed by atoms with Gasteiger partial charge in [0.15, 0.2) is 4.87 Å². The van der Waals surface area contributed by atoms with Gasteiger partial charge in [-0.15, -0.1) is 0 Å². The first-order valence-electron chi connectivity index (χ1n) is 18.8. The first-order chi connectivity index (χ1) is 28.1. The number of sulfonamides is 1. The van der Waals surface area contributed by atoms with Gasteiger partial charge in [0.05, 0.1) is 16.0 Å². The molecule has 0 bridgehead atoms. The molecule has 4 atom stereocenters. The van der Waals surface area contributed by atoms with E-state index in [2.05, 4.69) is 36.4 Å². The number of carbonyl (C=O) groups is 2. The second-order valence-electron chi connectivity index (χ2n) is 14.8. The van der Waals surface area contributed by atoms with Crippen LogP contribution in [-0.4, -0.2) is 59.5 Å². The van der Waals surface area contributed by atoms with Crippen LogP contribution in [0.3, 0.4) is 0 Å². The van der Waals surface area contributed by atoms with Crippen LogP contribution in [-0.2, 0) is 29.8 Å². The number of piperazine rings is 1. The number of fused-ring (bicyclic) bond motifs is 5. The highest BCUT2D eigenvalue weighted by Crippen LogP contribution is 2.68. The Bertz CT molecular complexity index is 2510. The fraction of sp³-hybridized carbons (Fsp3) is 0.174. The maximum atomic E-state index is 15.2. The molecule has 12 heteroatoms. The van der Waals surface area contributed by atoms with Gasteiger partial charge in [0.25, 0.3) is 21.8 Å². The van der Waals surface area contributed by atoms with Crippen molar-refractivity contribution in [2.24, 2.45) is 0 Å². The van der Waals surface area contributed by atoms with Crippen molar-refractivity contribution in [2.45, 2.75) is 45.7 Å². The minimum atomic E-state index is -4.35. The standard InChI is InChI=1S/C46H39N3O5S4/c1-32-27-29-33(30-28-32)44-31-45(55-57-56-46(34-17-7-3-8-18-34,35-19-9-4-10-20-35)36-21-11-5-12-22-36)43(52)47(2)40(50)41(51)48(45)42(44)49(39-26-16-15-25-38(39)44)58(53,54)37-23-13-6-14-24-37/h3-30,40,42,50H,31H2,1-2H3/t40-,42+,44+,45+/m1/s1. The second-order valence-corrected chi connectivity index (χ2v) is 21.0. The minimum Gasteiger partial charge on any atom is -0.365 e. The van der Waals surface area contributed by atoms with Crippen LogP contribution in [0.15, 0.2) is 175 Å². The molecule has 8 nitrogen and oxygen atoms in total. The number of amides is 2. The Balaban J connectivity index is 1.25. The minimum absolute atomic E-state index is 0.0421. The lowest BCUT2D eigenvalue weighted by Crippen LogP contribution is -2.70. The van der Waals surface area contributed by atoms with Crippen LogP contribution >= 0.6 is 31.4 Å². The average Bonchev–Trinajstić information content (AvgIpc) is 3.73. The number of likely N-dealkylation sites (N-methyl/N-ethyl adjacent to an activating group) is 1. The zero-order valence-electron chi connectivity index (χ0n) is 31.6. The molecule has 0 aliphatic carbocycles. The number of benzene rings is 6. The molecule has 292 valence electrons. The summed E-state index contributed by atoms with van der Waals surface area (Å²) in [5, 5.41) is 11.5. The van der Waals surface area contributed by atoms with Crippen molar-refractivity contribution in [3.05, 3.63) is 203 Å². The highest BCUT2D eigenvalue weighted by Gasteiger charge is 2.75. The van der Waals surface area contributed by atoms with Crippen LogP contribution in [0.5, 0.6) is 0 Å². The van der Waals surface area contributed by atoms with Crippen molar-refractivity contribution in [3.8, 4) is 0 Å². The molecule has 2 saturated heterocycles. The van der Waals surface area contributed by atoms with Crippen LogP contribution in [0, 0.1) is 6.92 Å². The second kappa shape index (κ2) is 14.7. The van der Waals surface area contributed by atoms with Gasteiger partial charge in [0.2, 0.25) is 6.23 Å². The van der Waals surface area contributed by atoms with E-state index in [1.807, 2.05) is 97.9 Å². The largest absolute Gasteiger partial charge is 0.365 e. The third-order valence-electron chi connectivity index (χ3n) is 11.7. The molecule has 1 N–H and O–H groups in total. The lowest BCUT2D eigenvalue weighted by molar-refractivity contribution is -0.175. The molecule has 6 aromatic carbocycles. The number of carbonyl (C=O) groups excluding carboxylic acids is 2. The smallest absolute Gasteiger partial charge is 0.275 e. The van der Waals surface area contributed by atoms with Gasteiger partial charge in [0, 0.05) is 13.5 Å². The summed E-state index contributed by atoms with van der Waals surface area (Å²) >= 11 is 0. The first-order valence-corrected chi connectivity index (χ1v) is 23.7. The van der Waals surface area contributed by atoms with Crippen LogP contribution in [0.4, 0.5) is 5.69 Å². The Kier molecular flexibility index (Phi) is 9.76. The molecule has 3 aliphatic rings. The van der Waals surface area contributed by atoms with Gasteiger partial charge in [-0.3, -0.25) is 14.5 Å². The fourth-order valence-corrected chi connectivity index (χ4v) is 16.8. The average molecular weight is 842 g/mol. The predicted molar refractivity (Wildman–Crippen MR) is 233 cm³/mol. The number of para-hydroxylation sites is 1. The summed E-state index contributed by atoms with van der Waals surface area (Å²) in [4.78, 5) is 31.0. The topological polar surface area (TPSA) is 98.2 Å². The highest BCUT2D eigenvalue weighted by atomic mass is 33.5. The zero-order chi connectivity index (χ0) is 40.3. The van der Waals surface area contributed by atoms with Crippen molar-refractivity contribution >= 4 is 58.9 Å². The van der Waals surface area contributed by atoms with Gasteiger partial charge >= 0.3 is 0 Å². The monoisotopic (exact) mass is 841 g/mol. The van der Waals surface area contributed by atoms with Crippen molar-refractivity contribution in [2.75, 3.05) is 11.4 Å². The van der Waals surface area contributed by atoms with Gasteiger partial charge in [-0.2, -0.15) is 0 Å². The number of anilines is 1. The number of nitrogens with zero attached hydrogens (tertiary/aromatic N) is 3. The van der Waals surface area contributed by atoms with Gasteiger partial charge in [-0.05, 0) is 73.6 Å². The van der Waals surface area contributed by atoms with Gasteiger partial charge in [0.1, 0.15) is 10.9 Å². The van der Waals surface area contributed by atoms with E-state index in [1.165, 1.54) is 49.0 Å². The molecule has 0 radical (unpaired) electrons. The molecule has 0 saturated carbocycles. The Labute approximate surface area is 350 Å². The zero-order valence-corrected chi connectivity index (χ0v) is 34.8. The van der Waals surface area contributed by atoms with Gasteiger partial charge in [-0.1, -0.05) is 168 Å². The number of hydrogen-bond acceptors (Lipinski definition) is 8. The van der Waals surface area contributed by atoms with E-state index in [1.54, 1.807) is 41.1 Å². The SMILES string of the molecule is Cc1ccc([C@]23C[C@]4(SSSC(c5ccccc5)(c5ccccc5)c5ccccc5)C(=O)N(C)[C@H](O)C(=O)N4[C@H]2N(S(=O)(=O)c2ccccc2)c2ccccc23)cc1. The number of hydrogen-bond donors (Lipinski definition) is 1. The molecule has 0 spiro atoms. The Morgan fingerprint density at radius 3 is 1.74 bits per heavy atom. The van der Waals surface area contributed by atoms with Crippen molar-refractivity contribution < 1.29 is 23.1 Å². The normalized spacial score (nSPS) is 22.8. The number of aryl methyl sites for hydroxylation is 1. The summed E-state index contributed by atoms with van der Waals surface area (Å²) in [7, 11) is 1.28. The molecule has 9 rings (SSSR count). The van der Waals surface area contributed by atoms with Gasteiger partial charge in [-0.25, -0.2) is 12.7 Å². The maximum Gasteiger partial charge on any atom is 0.275 e. The third kappa shape index (κ3) is 5.67. The van der Waals surface area contributed by atoms with Crippen LogP contribution in [0.2, 0.25) is 0 Å². The summed E-state index contributed by atoms with van der Waals surface area (Å²) in [6.07, 6.45) is -3.02. The molecular weight excluding hydrogens is 803 g/mol. The molecule has 3 heterocycles. The van der Waals surface area contributed by atoms with E-state index in [4.69, 9.17) is 0 Å². The Morgan fingerprint density at radius 2 is 1.19 bits per heavy atom. The van der Waals surface area contributed by atoms with Crippen LogP contribution in [0.25, 0.3) is 0 Å². The third-order valence-corrected chi connectivity index (χ3v) is 18.5. The molecule has 0 unspecified atom stereocenters. The maximum absolute atomic E-state index is 15.2. The highest BCUT2D eigenvalue weighted by molar-refractivity contribution is 9.09. The van der Waals surface area contributed by atoms with E-state index in [0.29, 0.717) is 11.3 Å². The summed E-state index contributed by atoms with van der Waals surface area (Å²) in [5.74, 6) is -1.24. The number of aliphatic hydroxyl groups is 1. The lowest BCUT2D eigenvalue weighted by Gasteiger charge is -2.48. The van der Waals surface area contributed by atoms with E-state index < -0.39 is 49.3 Å². The quantitative estimate of drug-likeness (QED) is 0.108. The number of aliphatic hydroxyl groups excluding tert-OH is 1. The fourth-order valence-electron chi connectivity index (χ4n) is 8.96. The Hall–Kier alpha value is -4.98. The Morgan fingerprint density at radius 1 is 0.690 bits per heavy atom. The van der Waals surface area contributed by atoms with Crippen molar-refractivity contribution in [1.82, 2.24) is 9.80 Å². The molecule has 2 amide bonds. The molecular formula is C46H39N3O5S4. The summed E-state index contributed by atoms with van der Waals surface area (Å²) < 4.78 is 30.8. The first kappa shape index (κ1) is 38.5. The lowest BCUT2D eigenvalue weighted by atomic mass is 9.72. The summed E-state index contributed by atoms with van der Waals surface area (Å²) in [5.41, 5.74) is 4.72. The van der Waals surface area contributed by atoms with E-state index in [-0.39, 0.29) is 11.3 Å². The number of rotatable bonds is 10. The van der Waals surface area contributed by atoms with Gasteiger partial charge < -0.3 is 10.0 Å². The van der Waals surface area contributed by atoms with E-state index in [9.17, 15) is 9.90 Å². The predicted octanol–water partition coefficient (Wildman–Crippen LogP) is 8.56. The molecule has 6 aromatic rings. The molecule has 58 heavy (non-hydrogen) atoms. The van der Waals surface area contributed by atoms with Crippen molar-refractivity contribution in [3.63, 3.8) is 0 Å².